The standard InChI is InChI=1S/C16H27N3/c1-12(2)15-9-14(11-17-4)10-16(18-15)19-8-6-5-7-13(19)3/h9-10,12-13,17H,5-8,11H2,1-4H3. The minimum atomic E-state index is 0.482. The topological polar surface area (TPSA) is 28.2 Å². The summed E-state index contributed by atoms with van der Waals surface area (Å²) in [6.45, 7) is 8.82. The molecule has 1 aromatic heterocycles. The van der Waals surface area contributed by atoms with Gasteiger partial charge < -0.3 is 10.2 Å². The van der Waals surface area contributed by atoms with Crippen molar-refractivity contribution in [2.45, 2.75) is 58.5 Å². The molecule has 1 N–H and O–H groups in total. The Kier molecular flexibility index (Phi) is 4.81. The molecule has 1 atom stereocenters. The van der Waals surface area contributed by atoms with E-state index >= 15 is 0 Å². The van der Waals surface area contributed by atoms with Crippen molar-refractivity contribution in [2.75, 3.05) is 18.5 Å². The summed E-state index contributed by atoms with van der Waals surface area (Å²) in [7, 11) is 2.00. The summed E-state index contributed by atoms with van der Waals surface area (Å²) in [5.74, 6) is 1.65. The van der Waals surface area contributed by atoms with E-state index in [1.54, 1.807) is 0 Å². The van der Waals surface area contributed by atoms with Crippen molar-refractivity contribution >= 4 is 5.82 Å². The Bertz CT molecular complexity index is 414. The fraction of sp³-hybridized carbons (Fsp3) is 0.688. The summed E-state index contributed by atoms with van der Waals surface area (Å²) in [6.07, 6.45) is 3.93. The molecule has 3 heteroatoms. The number of hydrogen-bond donors (Lipinski definition) is 1. The van der Waals surface area contributed by atoms with Crippen molar-refractivity contribution in [3.8, 4) is 0 Å². The lowest BCUT2D eigenvalue weighted by Crippen LogP contribution is -2.38. The number of aromatic nitrogens is 1. The molecule has 1 unspecified atom stereocenters. The molecule has 0 spiro atoms. The van der Waals surface area contributed by atoms with Crippen LogP contribution in [0.25, 0.3) is 0 Å². The summed E-state index contributed by atoms with van der Waals surface area (Å²) in [4.78, 5) is 7.37. The molecule has 2 heterocycles. The number of nitrogens with zero attached hydrogens (tertiary/aromatic N) is 2. The van der Waals surface area contributed by atoms with Gasteiger partial charge in [-0.1, -0.05) is 13.8 Å². The second kappa shape index (κ2) is 6.38. The predicted molar refractivity (Wildman–Crippen MR) is 81.7 cm³/mol. The molecule has 1 aromatic rings. The molecule has 1 fully saturated rings. The summed E-state index contributed by atoms with van der Waals surface area (Å²) in [5.41, 5.74) is 2.55. The van der Waals surface area contributed by atoms with Gasteiger partial charge in [-0.25, -0.2) is 4.98 Å². The third-order valence-electron chi connectivity index (χ3n) is 3.96. The maximum Gasteiger partial charge on any atom is 0.129 e. The number of anilines is 1. The van der Waals surface area contributed by atoms with Gasteiger partial charge in [0.05, 0.1) is 0 Å². The Morgan fingerprint density at radius 1 is 1.37 bits per heavy atom. The molecule has 0 aromatic carbocycles. The molecule has 0 bridgehead atoms. The Hall–Kier alpha value is -1.09. The second-order valence-corrected chi connectivity index (χ2v) is 5.98. The average Bonchev–Trinajstić information content (AvgIpc) is 2.39. The zero-order valence-corrected chi connectivity index (χ0v) is 12.7. The largest absolute Gasteiger partial charge is 0.354 e. The van der Waals surface area contributed by atoms with Crippen molar-refractivity contribution in [1.29, 1.82) is 0 Å². The Labute approximate surface area is 117 Å². The maximum atomic E-state index is 4.89. The van der Waals surface area contributed by atoms with E-state index in [0.717, 1.165) is 13.1 Å². The van der Waals surface area contributed by atoms with Crippen LogP contribution in [0.3, 0.4) is 0 Å². The minimum Gasteiger partial charge on any atom is -0.354 e. The third kappa shape index (κ3) is 3.47. The van der Waals surface area contributed by atoms with Gasteiger partial charge in [0, 0.05) is 24.8 Å². The molecule has 0 aliphatic carbocycles. The molecule has 0 amide bonds. The first-order valence-electron chi connectivity index (χ1n) is 7.54. The number of rotatable bonds is 4. The first kappa shape index (κ1) is 14.3. The molecule has 1 aliphatic rings. The van der Waals surface area contributed by atoms with Gasteiger partial charge in [-0.3, -0.25) is 0 Å². The van der Waals surface area contributed by atoms with Gasteiger partial charge in [0.15, 0.2) is 0 Å². The van der Waals surface area contributed by atoms with Crippen molar-refractivity contribution in [3.63, 3.8) is 0 Å². The highest BCUT2D eigenvalue weighted by Crippen LogP contribution is 2.26. The number of hydrogen-bond acceptors (Lipinski definition) is 3. The van der Waals surface area contributed by atoms with E-state index in [4.69, 9.17) is 4.98 Å². The fourth-order valence-corrected chi connectivity index (χ4v) is 2.78. The van der Waals surface area contributed by atoms with Gasteiger partial charge in [0.1, 0.15) is 5.82 Å². The minimum absolute atomic E-state index is 0.482. The second-order valence-electron chi connectivity index (χ2n) is 5.98. The van der Waals surface area contributed by atoms with Gasteiger partial charge >= 0.3 is 0 Å². The van der Waals surface area contributed by atoms with Crippen LogP contribution >= 0.6 is 0 Å². The molecule has 106 valence electrons. The van der Waals surface area contributed by atoms with Crippen LogP contribution in [0.2, 0.25) is 0 Å². The summed E-state index contributed by atoms with van der Waals surface area (Å²) in [6, 6.07) is 5.11. The maximum absolute atomic E-state index is 4.89. The lowest BCUT2D eigenvalue weighted by atomic mass is 10.0. The van der Waals surface area contributed by atoms with Gasteiger partial charge in [-0.2, -0.15) is 0 Å². The van der Waals surface area contributed by atoms with Gasteiger partial charge in [-0.05, 0) is 56.8 Å². The van der Waals surface area contributed by atoms with Crippen molar-refractivity contribution in [3.05, 3.63) is 23.4 Å². The van der Waals surface area contributed by atoms with Crippen LogP contribution in [-0.2, 0) is 6.54 Å². The summed E-state index contributed by atoms with van der Waals surface area (Å²) in [5, 5.41) is 3.25. The van der Waals surface area contributed by atoms with Crippen molar-refractivity contribution in [1.82, 2.24) is 10.3 Å². The smallest absolute Gasteiger partial charge is 0.129 e. The average molecular weight is 261 g/mol. The highest BCUT2D eigenvalue weighted by Gasteiger charge is 2.20. The van der Waals surface area contributed by atoms with Crippen LogP contribution in [0, 0.1) is 0 Å². The Morgan fingerprint density at radius 3 is 2.79 bits per heavy atom. The van der Waals surface area contributed by atoms with E-state index in [0.29, 0.717) is 12.0 Å². The van der Waals surface area contributed by atoms with Crippen molar-refractivity contribution < 1.29 is 0 Å². The van der Waals surface area contributed by atoms with E-state index in [2.05, 4.69) is 43.1 Å². The first-order valence-corrected chi connectivity index (χ1v) is 7.54. The van der Waals surface area contributed by atoms with Crippen LogP contribution in [0.5, 0.6) is 0 Å². The Morgan fingerprint density at radius 2 is 2.16 bits per heavy atom. The first-order chi connectivity index (χ1) is 9.11. The molecule has 3 nitrogen and oxygen atoms in total. The molecule has 1 aliphatic heterocycles. The molecule has 2 rings (SSSR count). The van der Waals surface area contributed by atoms with Crippen LogP contribution in [-0.4, -0.2) is 24.6 Å². The number of pyridine rings is 1. The molecule has 0 radical (unpaired) electrons. The third-order valence-corrected chi connectivity index (χ3v) is 3.96. The van der Waals surface area contributed by atoms with Crippen molar-refractivity contribution in [2.24, 2.45) is 0 Å². The molecular weight excluding hydrogens is 234 g/mol. The molecular formula is C16H27N3. The van der Waals surface area contributed by atoms with E-state index in [9.17, 15) is 0 Å². The SMILES string of the molecule is CNCc1cc(C(C)C)nc(N2CCCCC2C)c1. The van der Waals surface area contributed by atoms with E-state index in [1.165, 1.54) is 36.3 Å². The van der Waals surface area contributed by atoms with E-state index in [-0.39, 0.29) is 0 Å². The molecule has 0 saturated carbocycles. The van der Waals surface area contributed by atoms with Crippen LogP contribution < -0.4 is 10.2 Å². The summed E-state index contributed by atoms with van der Waals surface area (Å²) >= 11 is 0. The zero-order valence-electron chi connectivity index (χ0n) is 12.7. The van der Waals surface area contributed by atoms with E-state index in [1.807, 2.05) is 7.05 Å². The molecule has 1 saturated heterocycles. The Balaban J connectivity index is 2.31. The van der Waals surface area contributed by atoms with Gasteiger partial charge in [-0.15, -0.1) is 0 Å². The van der Waals surface area contributed by atoms with Gasteiger partial charge in [0.25, 0.3) is 0 Å². The zero-order chi connectivity index (χ0) is 13.8. The van der Waals surface area contributed by atoms with Crippen LogP contribution in [0.15, 0.2) is 12.1 Å². The van der Waals surface area contributed by atoms with E-state index < -0.39 is 0 Å². The van der Waals surface area contributed by atoms with Crippen LogP contribution in [0.4, 0.5) is 5.82 Å². The highest BCUT2D eigenvalue weighted by molar-refractivity contribution is 5.44. The number of piperidine rings is 1. The highest BCUT2D eigenvalue weighted by atomic mass is 15.2. The van der Waals surface area contributed by atoms with Crippen LogP contribution in [0.1, 0.15) is 57.2 Å². The summed E-state index contributed by atoms with van der Waals surface area (Å²) < 4.78 is 0. The number of nitrogens with one attached hydrogen (secondary N) is 1. The molecule has 19 heavy (non-hydrogen) atoms. The van der Waals surface area contributed by atoms with Gasteiger partial charge in [0.2, 0.25) is 0 Å². The normalized spacial score (nSPS) is 20.1. The fourth-order valence-electron chi connectivity index (χ4n) is 2.78. The lowest BCUT2D eigenvalue weighted by molar-refractivity contribution is 0.480. The quantitative estimate of drug-likeness (QED) is 0.901. The lowest BCUT2D eigenvalue weighted by Gasteiger charge is -2.35. The predicted octanol–water partition coefficient (Wildman–Crippen LogP) is 3.30. The monoisotopic (exact) mass is 261 g/mol.